The summed E-state index contributed by atoms with van der Waals surface area (Å²) in [5.41, 5.74) is 0.876. The number of halogens is 1. The van der Waals surface area contributed by atoms with Gasteiger partial charge in [-0.3, -0.25) is 10.1 Å². The number of azo groups is 1. The van der Waals surface area contributed by atoms with E-state index in [1.807, 2.05) is 36.4 Å². The van der Waals surface area contributed by atoms with Crippen LogP contribution in [0.5, 0.6) is 5.75 Å². The van der Waals surface area contributed by atoms with Crippen LogP contribution in [0.15, 0.2) is 64.8 Å². The predicted octanol–water partition coefficient (Wildman–Crippen LogP) is 7.00. The molecule has 6 nitrogen and oxygen atoms in total. The molecule has 0 amide bonds. The van der Waals surface area contributed by atoms with Crippen molar-refractivity contribution >= 4 is 39.4 Å². The van der Waals surface area contributed by atoms with Gasteiger partial charge < -0.3 is 4.74 Å². The third kappa shape index (κ3) is 4.41. The summed E-state index contributed by atoms with van der Waals surface area (Å²) in [6.07, 6.45) is 1.97. The van der Waals surface area contributed by atoms with Crippen molar-refractivity contribution in [1.29, 1.82) is 0 Å². The van der Waals surface area contributed by atoms with E-state index in [1.165, 1.54) is 18.2 Å². The zero-order chi connectivity index (χ0) is 19.2. The summed E-state index contributed by atoms with van der Waals surface area (Å²) in [5, 5.41) is 21.5. The molecule has 0 aliphatic carbocycles. The van der Waals surface area contributed by atoms with Crippen molar-refractivity contribution < 1.29 is 9.66 Å². The van der Waals surface area contributed by atoms with Gasteiger partial charge >= 0.3 is 0 Å². The Bertz CT molecular complexity index is 1000. The van der Waals surface area contributed by atoms with Gasteiger partial charge in [0.15, 0.2) is 0 Å². The highest BCUT2D eigenvalue weighted by atomic mass is 35.5. The Labute approximate surface area is 161 Å². The molecule has 27 heavy (non-hydrogen) atoms. The lowest BCUT2D eigenvalue weighted by molar-refractivity contribution is -0.384. The van der Waals surface area contributed by atoms with Gasteiger partial charge in [0.05, 0.1) is 16.6 Å². The van der Waals surface area contributed by atoms with Crippen LogP contribution in [0.4, 0.5) is 17.1 Å². The second kappa shape index (κ2) is 8.60. The first kappa shape index (κ1) is 18.8. The fraction of sp³-hybridized carbons (Fsp3) is 0.200. The second-order valence-corrected chi connectivity index (χ2v) is 6.34. The number of benzene rings is 3. The van der Waals surface area contributed by atoms with E-state index in [4.69, 9.17) is 16.3 Å². The zero-order valence-corrected chi connectivity index (χ0v) is 15.5. The smallest absolute Gasteiger partial charge is 0.271 e. The molecule has 0 aliphatic heterocycles. The molecular weight excluding hydrogens is 366 g/mol. The van der Waals surface area contributed by atoms with Crippen LogP contribution in [0.3, 0.4) is 0 Å². The van der Waals surface area contributed by atoms with Crippen LogP contribution < -0.4 is 4.74 Å². The molecule has 0 fully saturated rings. The molecule has 0 aliphatic rings. The molecule has 0 aromatic heterocycles. The molecule has 7 heteroatoms. The number of rotatable bonds is 7. The van der Waals surface area contributed by atoms with Crippen molar-refractivity contribution in [3.8, 4) is 5.75 Å². The first-order chi connectivity index (χ1) is 13.1. The summed E-state index contributed by atoms with van der Waals surface area (Å²) in [6, 6.07) is 15.8. The number of hydrogen-bond donors (Lipinski definition) is 0. The van der Waals surface area contributed by atoms with E-state index in [9.17, 15) is 10.1 Å². The Balaban J connectivity index is 2.00. The number of non-ortho nitro benzene ring substituents is 1. The lowest BCUT2D eigenvalue weighted by atomic mass is 10.1. The second-order valence-electron chi connectivity index (χ2n) is 5.93. The van der Waals surface area contributed by atoms with Crippen LogP contribution in [0.1, 0.15) is 19.8 Å². The summed E-state index contributed by atoms with van der Waals surface area (Å²) in [6.45, 7) is 2.69. The van der Waals surface area contributed by atoms with Gasteiger partial charge in [0, 0.05) is 17.5 Å². The van der Waals surface area contributed by atoms with Gasteiger partial charge in [-0.1, -0.05) is 55.3 Å². The van der Waals surface area contributed by atoms with Gasteiger partial charge in [-0.15, -0.1) is 10.2 Å². The summed E-state index contributed by atoms with van der Waals surface area (Å²) >= 11 is 6.11. The monoisotopic (exact) mass is 383 g/mol. The molecule has 0 spiro atoms. The fourth-order valence-corrected chi connectivity index (χ4v) is 2.79. The van der Waals surface area contributed by atoms with Crippen molar-refractivity contribution in [3.63, 3.8) is 0 Å². The third-order valence-electron chi connectivity index (χ3n) is 4.02. The van der Waals surface area contributed by atoms with E-state index in [0.29, 0.717) is 23.7 Å². The van der Waals surface area contributed by atoms with Crippen LogP contribution in [0, 0.1) is 10.1 Å². The minimum atomic E-state index is -0.503. The summed E-state index contributed by atoms with van der Waals surface area (Å²) in [5.74, 6) is 0.643. The maximum absolute atomic E-state index is 10.8. The van der Waals surface area contributed by atoms with Crippen LogP contribution in [-0.2, 0) is 0 Å². The van der Waals surface area contributed by atoms with Gasteiger partial charge in [-0.05, 0) is 23.9 Å². The van der Waals surface area contributed by atoms with Gasteiger partial charge in [-0.25, -0.2) is 0 Å². The number of nitrogens with zero attached hydrogens (tertiary/aromatic N) is 3. The highest BCUT2D eigenvalue weighted by Crippen LogP contribution is 2.38. The minimum absolute atomic E-state index is 0.0901. The lowest BCUT2D eigenvalue weighted by Gasteiger charge is -2.10. The summed E-state index contributed by atoms with van der Waals surface area (Å²) < 4.78 is 5.88. The molecule has 0 atom stereocenters. The Hall–Kier alpha value is -2.99. The molecule has 0 saturated carbocycles. The Kier molecular flexibility index (Phi) is 5.98. The quantitative estimate of drug-likeness (QED) is 0.191. The zero-order valence-electron chi connectivity index (χ0n) is 14.8. The standard InChI is InChI=1S/C20H18ClN3O3/c1-2-3-12-27-19-11-8-14-6-4-5-7-16(14)20(19)23-22-18-10-9-15(24(25)26)13-17(18)21/h4-11,13H,2-3,12H2,1H3. The van der Waals surface area contributed by atoms with Gasteiger partial charge in [0.2, 0.25) is 0 Å². The third-order valence-corrected chi connectivity index (χ3v) is 4.32. The lowest BCUT2D eigenvalue weighted by Crippen LogP contribution is -1.96. The maximum atomic E-state index is 10.8. The van der Waals surface area contributed by atoms with Crippen LogP contribution >= 0.6 is 11.6 Å². The number of hydrogen-bond acceptors (Lipinski definition) is 5. The van der Waals surface area contributed by atoms with Crippen LogP contribution in [-0.4, -0.2) is 11.5 Å². The SMILES string of the molecule is CCCCOc1ccc2ccccc2c1N=Nc1ccc([N+](=O)[O-])cc1Cl. The van der Waals surface area contributed by atoms with E-state index in [1.54, 1.807) is 0 Å². The van der Waals surface area contributed by atoms with E-state index in [0.717, 1.165) is 23.6 Å². The molecule has 0 heterocycles. The Morgan fingerprint density at radius 2 is 1.93 bits per heavy atom. The normalized spacial score (nSPS) is 11.2. The first-order valence-corrected chi connectivity index (χ1v) is 8.98. The molecule has 3 aromatic rings. The number of nitro benzene ring substituents is 1. The van der Waals surface area contributed by atoms with E-state index in [2.05, 4.69) is 17.2 Å². The Morgan fingerprint density at radius 1 is 1.11 bits per heavy atom. The minimum Gasteiger partial charge on any atom is -0.491 e. The van der Waals surface area contributed by atoms with Crippen LogP contribution in [0.25, 0.3) is 10.8 Å². The first-order valence-electron chi connectivity index (χ1n) is 8.60. The van der Waals surface area contributed by atoms with Gasteiger partial charge in [0.25, 0.3) is 5.69 Å². The summed E-state index contributed by atoms with van der Waals surface area (Å²) in [4.78, 5) is 10.3. The van der Waals surface area contributed by atoms with E-state index >= 15 is 0 Å². The molecular formula is C20H18ClN3O3. The van der Waals surface area contributed by atoms with Crippen molar-refractivity contribution in [2.75, 3.05) is 6.61 Å². The van der Waals surface area contributed by atoms with E-state index < -0.39 is 4.92 Å². The molecule has 138 valence electrons. The molecule has 0 saturated heterocycles. The number of fused-ring (bicyclic) bond motifs is 1. The predicted molar refractivity (Wildman–Crippen MR) is 107 cm³/mol. The van der Waals surface area contributed by atoms with Gasteiger partial charge in [0.1, 0.15) is 17.1 Å². The topological polar surface area (TPSA) is 77.1 Å². The van der Waals surface area contributed by atoms with E-state index in [-0.39, 0.29) is 10.7 Å². The average molecular weight is 384 g/mol. The van der Waals surface area contributed by atoms with Crippen molar-refractivity contribution in [3.05, 3.63) is 69.7 Å². The van der Waals surface area contributed by atoms with Gasteiger partial charge in [-0.2, -0.15) is 0 Å². The average Bonchev–Trinajstić information content (AvgIpc) is 2.67. The number of unbranched alkanes of at least 4 members (excludes halogenated alkanes) is 1. The van der Waals surface area contributed by atoms with Crippen LogP contribution in [0.2, 0.25) is 5.02 Å². The highest BCUT2D eigenvalue weighted by molar-refractivity contribution is 6.33. The van der Waals surface area contributed by atoms with Crippen molar-refractivity contribution in [2.45, 2.75) is 19.8 Å². The molecule has 0 bridgehead atoms. The molecule has 0 unspecified atom stereocenters. The fourth-order valence-electron chi connectivity index (χ4n) is 2.58. The summed E-state index contributed by atoms with van der Waals surface area (Å²) in [7, 11) is 0. The molecule has 0 N–H and O–H groups in total. The Morgan fingerprint density at radius 3 is 2.67 bits per heavy atom. The molecule has 3 rings (SSSR count). The molecule has 3 aromatic carbocycles. The number of nitro groups is 1. The van der Waals surface area contributed by atoms with Crippen molar-refractivity contribution in [1.82, 2.24) is 0 Å². The number of ether oxygens (including phenoxy) is 1. The largest absolute Gasteiger partial charge is 0.491 e. The van der Waals surface area contributed by atoms with Crippen molar-refractivity contribution in [2.24, 2.45) is 10.2 Å². The molecule has 0 radical (unpaired) electrons. The maximum Gasteiger partial charge on any atom is 0.271 e. The highest BCUT2D eigenvalue weighted by Gasteiger charge is 2.11.